The van der Waals surface area contributed by atoms with Crippen molar-refractivity contribution in [2.45, 2.75) is 12.5 Å². The Hall–Kier alpha value is -1.87. The summed E-state index contributed by atoms with van der Waals surface area (Å²) in [4.78, 5) is 15.0. The third-order valence-corrected chi connectivity index (χ3v) is 4.73. The molecule has 2 aliphatic heterocycles. The number of carbonyl (C=O) groups is 1. The average molecular weight is 266 g/mol. The molecule has 4 rings (SSSR count). The third kappa shape index (κ3) is 1.74. The normalized spacial score (nSPS) is 25.1. The Morgan fingerprint density at radius 3 is 2.90 bits per heavy atom. The van der Waals surface area contributed by atoms with Gasteiger partial charge in [-0.1, -0.05) is 36.4 Å². The van der Waals surface area contributed by atoms with Crippen LogP contribution in [0.4, 0.5) is 0 Å². The van der Waals surface area contributed by atoms with E-state index in [1.807, 2.05) is 30.3 Å². The summed E-state index contributed by atoms with van der Waals surface area (Å²) in [6.07, 6.45) is 1.13. The standard InChI is InChI=1S/C17H18N2O/c20-17(19-9-8-13-10-18-11-16(13)19)15-7-3-5-12-4-1-2-6-14(12)15/h1-7,13,16,18H,8-11H2/t13-,16+/m0/s1. The van der Waals surface area contributed by atoms with Crippen LogP contribution in [0.25, 0.3) is 10.8 Å². The highest BCUT2D eigenvalue weighted by atomic mass is 16.2. The van der Waals surface area contributed by atoms with Crippen LogP contribution < -0.4 is 5.32 Å². The lowest BCUT2D eigenvalue weighted by molar-refractivity contribution is 0.0739. The molecule has 1 amide bonds. The van der Waals surface area contributed by atoms with Crippen molar-refractivity contribution in [1.82, 2.24) is 10.2 Å². The Bertz CT molecular complexity index is 662. The van der Waals surface area contributed by atoms with Gasteiger partial charge in [-0.05, 0) is 29.2 Å². The molecule has 0 bridgehead atoms. The van der Waals surface area contributed by atoms with Crippen LogP contribution in [0.1, 0.15) is 16.8 Å². The molecule has 0 aromatic heterocycles. The predicted molar refractivity (Wildman–Crippen MR) is 79.7 cm³/mol. The first-order valence-corrected chi connectivity index (χ1v) is 7.34. The second kappa shape index (κ2) is 4.60. The van der Waals surface area contributed by atoms with Gasteiger partial charge in [0.15, 0.2) is 0 Å². The molecule has 2 aliphatic rings. The van der Waals surface area contributed by atoms with Gasteiger partial charge in [0.1, 0.15) is 0 Å². The van der Waals surface area contributed by atoms with E-state index in [4.69, 9.17) is 0 Å². The lowest BCUT2D eigenvalue weighted by atomic mass is 10.0. The predicted octanol–water partition coefficient (Wildman–Crippen LogP) is 2.27. The van der Waals surface area contributed by atoms with Crippen LogP contribution in [-0.2, 0) is 0 Å². The van der Waals surface area contributed by atoms with Gasteiger partial charge in [0.25, 0.3) is 5.91 Å². The molecule has 2 aromatic carbocycles. The highest BCUT2D eigenvalue weighted by Gasteiger charge is 2.40. The number of amides is 1. The largest absolute Gasteiger partial charge is 0.334 e. The minimum atomic E-state index is 0.193. The summed E-state index contributed by atoms with van der Waals surface area (Å²) in [5.74, 6) is 0.840. The molecule has 20 heavy (non-hydrogen) atoms. The van der Waals surface area contributed by atoms with Crippen LogP contribution >= 0.6 is 0 Å². The SMILES string of the molecule is O=C(c1cccc2ccccc12)N1CC[C@H]2CNC[C@H]21. The summed E-state index contributed by atoms with van der Waals surface area (Å²) < 4.78 is 0. The molecule has 2 heterocycles. The van der Waals surface area contributed by atoms with Crippen molar-refractivity contribution in [3.8, 4) is 0 Å². The van der Waals surface area contributed by atoms with Crippen molar-refractivity contribution in [1.29, 1.82) is 0 Å². The maximum absolute atomic E-state index is 12.9. The topological polar surface area (TPSA) is 32.3 Å². The molecular formula is C17H18N2O. The smallest absolute Gasteiger partial charge is 0.254 e. The molecular weight excluding hydrogens is 248 g/mol. The van der Waals surface area contributed by atoms with E-state index in [1.165, 1.54) is 0 Å². The molecule has 3 heteroatoms. The number of likely N-dealkylation sites (tertiary alicyclic amines) is 1. The number of rotatable bonds is 1. The van der Waals surface area contributed by atoms with Crippen LogP contribution in [0.15, 0.2) is 42.5 Å². The number of hydrogen-bond acceptors (Lipinski definition) is 2. The molecule has 2 atom stereocenters. The van der Waals surface area contributed by atoms with Gasteiger partial charge in [0, 0.05) is 31.2 Å². The van der Waals surface area contributed by atoms with Crippen molar-refractivity contribution in [2.24, 2.45) is 5.92 Å². The number of nitrogens with one attached hydrogen (secondary N) is 1. The van der Waals surface area contributed by atoms with E-state index in [1.54, 1.807) is 0 Å². The molecule has 0 unspecified atom stereocenters. The maximum Gasteiger partial charge on any atom is 0.254 e. The zero-order valence-corrected chi connectivity index (χ0v) is 11.4. The Balaban J connectivity index is 1.74. The molecule has 2 fully saturated rings. The van der Waals surface area contributed by atoms with E-state index in [0.29, 0.717) is 12.0 Å². The fourth-order valence-electron chi connectivity index (χ4n) is 3.67. The van der Waals surface area contributed by atoms with Crippen LogP contribution in [0, 0.1) is 5.92 Å². The first-order valence-electron chi connectivity index (χ1n) is 7.34. The number of nitrogens with zero attached hydrogens (tertiary/aromatic N) is 1. The van der Waals surface area contributed by atoms with Gasteiger partial charge in [-0.25, -0.2) is 0 Å². The number of benzene rings is 2. The molecule has 3 nitrogen and oxygen atoms in total. The van der Waals surface area contributed by atoms with E-state index in [0.717, 1.165) is 42.4 Å². The number of hydrogen-bond donors (Lipinski definition) is 1. The van der Waals surface area contributed by atoms with E-state index in [2.05, 4.69) is 22.3 Å². The Labute approximate surface area is 118 Å². The van der Waals surface area contributed by atoms with Gasteiger partial charge >= 0.3 is 0 Å². The summed E-state index contributed by atoms with van der Waals surface area (Å²) in [5, 5.41) is 5.61. The first-order chi connectivity index (χ1) is 9.84. The lowest BCUT2D eigenvalue weighted by Gasteiger charge is -2.24. The van der Waals surface area contributed by atoms with Crippen molar-refractivity contribution in [3.63, 3.8) is 0 Å². The van der Waals surface area contributed by atoms with Crippen LogP contribution in [0.2, 0.25) is 0 Å². The molecule has 2 saturated heterocycles. The highest BCUT2D eigenvalue weighted by molar-refractivity contribution is 6.07. The highest BCUT2D eigenvalue weighted by Crippen LogP contribution is 2.30. The zero-order valence-electron chi connectivity index (χ0n) is 11.4. The summed E-state index contributed by atoms with van der Waals surface area (Å²) in [5.41, 5.74) is 0.843. The average Bonchev–Trinajstić information content (AvgIpc) is 3.09. The molecule has 1 N–H and O–H groups in total. The lowest BCUT2D eigenvalue weighted by Crippen LogP contribution is -2.39. The van der Waals surface area contributed by atoms with E-state index in [-0.39, 0.29) is 5.91 Å². The molecule has 0 aliphatic carbocycles. The second-order valence-corrected chi connectivity index (χ2v) is 5.80. The van der Waals surface area contributed by atoms with Gasteiger partial charge in [-0.2, -0.15) is 0 Å². The van der Waals surface area contributed by atoms with Crippen LogP contribution in [0.5, 0.6) is 0 Å². The minimum absolute atomic E-state index is 0.193. The molecule has 0 saturated carbocycles. The van der Waals surface area contributed by atoms with E-state index in [9.17, 15) is 4.79 Å². The van der Waals surface area contributed by atoms with Gasteiger partial charge in [-0.3, -0.25) is 4.79 Å². The van der Waals surface area contributed by atoms with Crippen molar-refractivity contribution >= 4 is 16.7 Å². The zero-order chi connectivity index (χ0) is 13.5. The van der Waals surface area contributed by atoms with Crippen molar-refractivity contribution in [2.75, 3.05) is 19.6 Å². The van der Waals surface area contributed by atoms with Gasteiger partial charge in [0.05, 0.1) is 0 Å². The first kappa shape index (κ1) is 11.9. The Morgan fingerprint density at radius 2 is 1.95 bits per heavy atom. The van der Waals surface area contributed by atoms with Gasteiger partial charge in [0.2, 0.25) is 0 Å². The Kier molecular flexibility index (Phi) is 2.74. The van der Waals surface area contributed by atoms with Crippen molar-refractivity contribution in [3.05, 3.63) is 48.0 Å². The van der Waals surface area contributed by atoms with Gasteiger partial charge in [-0.15, -0.1) is 0 Å². The molecule has 2 aromatic rings. The second-order valence-electron chi connectivity index (χ2n) is 5.80. The van der Waals surface area contributed by atoms with Crippen LogP contribution in [-0.4, -0.2) is 36.5 Å². The summed E-state index contributed by atoms with van der Waals surface area (Å²) in [6, 6.07) is 14.5. The molecule has 102 valence electrons. The van der Waals surface area contributed by atoms with Crippen LogP contribution in [0.3, 0.4) is 0 Å². The third-order valence-electron chi connectivity index (χ3n) is 4.73. The fraction of sp³-hybridized carbons (Fsp3) is 0.353. The molecule has 0 spiro atoms. The van der Waals surface area contributed by atoms with Gasteiger partial charge < -0.3 is 10.2 Å². The monoisotopic (exact) mass is 266 g/mol. The quantitative estimate of drug-likeness (QED) is 0.859. The summed E-state index contributed by atoms with van der Waals surface area (Å²) >= 11 is 0. The van der Waals surface area contributed by atoms with Crippen molar-refractivity contribution < 1.29 is 4.79 Å². The van der Waals surface area contributed by atoms with E-state index < -0.39 is 0 Å². The summed E-state index contributed by atoms with van der Waals surface area (Å²) in [7, 11) is 0. The number of carbonyl (C=O) groups excluding carboxylic acids is 1. The molecule has 0 radical (unpaired) electrons. The maximum atomic E-state index is 12.9. The fourth-order valence-corrected chi connectivity index (χ4v) is 3.67. The number of fused-ring (bicyclic) bond motifs is 2. The minimum Gasteiger partial charge on any atom is -0.334 e. The van der Waals surface area contributed by atoms with E-state index >= 15 is 0 Å². The Morgan fingerprint density at radius 1 is 1.10 bits per heavy atom. The summed E-state index contributed by atoms with van der Waals surface area (Å²) in [6.45, 7) is 2.91.